The van der Waals surface area contributed by atoms with E-state index in [1.165, 1.54) is 6.07 Å². The van der Waals surface area contributed by atoms with E-state index < -0.39 is 5.97 Å². The lowest BCUT2D eigenvalue weighted by atomic mass is 10.1. The number of carbonyl (C=O) groups excluding carboxylic acids is 1. The lowest BCUT2D eigenvalue weighted by Gasteiger charge is -2.17. The zero-order valence-electron chi connectivity index (χ0n) is 11.2. The van der Waals surface area contributed by atoms with Crippen LogP contribution in [0.4, 0.5) is 0 Å². The molecular weight excluding hydrogens is 266 g/mol. The molecule has 1 aliphatic heterocycles. The van der Waals surface area contributed by atoms with Crippen LogP contribution in [-0.4, -0.2) is 21.9 Å². The van der Waals surface area contributed by atoms with E-state index in [0.717, 1.165) is 11.1 Å². The molecule has 1 N–H and O–H groups in total. The molecule has 3 rings (SSSR count). The molecule has 4 heteroatoms. The minimum Gasteiger partial charge on any atom is -0.478 e. The molecule has 0 saturated heterocycles. The Bertz CT molecular complexity index is 729. The monoisotopic (exact) mass is 279 g/mol. The van der Waals surface area contributed by atoms with Crippen LogP contribution in [-0.2, 0) is 6.54 Å². The summed E-state index contributed by atoms with van der Waals surface area (Å²) in [5.74, 6) is -1.08. The van der Waals surface area contributed by atoms with Crippen molar-refractivity contribution in [2.24, 2.45) is 0 Å². The van der Waals surface area contributed by atoms with Gasteiger partial charge in [-0.3, -0.25) is 4.79 Å². The Kier molecular flexibility index (Phi) is 3.06. The minimum atomic E-state index is -0.980. The number of aromatic carboxylic acids is 1. The molecular formula is C17H13NO3. The molecule has 1 aliphatic rings. The molecule has 0 atom stereocenters. The molecule has 21 heavy (non-hydrogen) atoms. The van der Waals surface area contributed by atoms with Gasteiger partial charge in [-0.25, -0.2) is 4.79 Å². The molecule has 4 nitrogen and oxygen atoms in total. The summed E-state index contributed by atoms with van der Waals surface area (Å²) in [6.45, 7) is 4.28. The smallest absolute Gasteiger partial charge is 0.335 e. The fourth-order valence-corrected chi connectivity index (χ4v) is 2.49. The molecule has 0 bridgehead atoms. The first-order chi connectivity index (χ1) is 10.1. The Balaban J connectivity index is 1.90. The van der Waals surface area contributed by atoms with Gasteiger partial charge in [0.1, 0.15) is 0 Å². The number of benzene rings is 2. The molecule has 0 fully saturated rings. The van der Waals surface area contributed by atoms with Crippen molar-refractivity contribution < 1.29 is 14.7 Å². The summed E-state index contributed by atoms with van der Waals surface area (Å²) in [6, 6.07) is 13.9. The zero-order valence-corrected chi connectivity index (χ0v) is 11.2. The van der Waals surface area contributed by atoms with Crippen molar-refractivity contribution in [3.8, 4) is 0 Å². The van der Waals surface area contributed by atoms with Crippen molar-refractivity contribution in [2.75, 3.05) is 0 Å². The minimum absolute atomic E-state index is 0.101. The second-order valence-electron chi connectivity index (χ2n) is 4.89. The van der Waals surface area contributed by atoms with Crippen LogP contribution < -0.4 is 0 Å². The Morgan fingerprint density at radius 2 is 1.81 bits per heavy atom. The highest BCUT2D eigenvalue weighted by Gasteiger charge is 2.30. The third kappa shape index (κ3) is 2.21. The number of hydrogen-bond acceptors (Lipinski definition) is 2. The summed E-state index contributed by atoms with van der Waals surface area (Å²) in [6.07, 6.45) is 0. The third-order valence-corrected chi connectivity index (χ3v) is 3.55. The summed E-state index contributed by atoms with van der Waals surface area (Å²) in [7, 11) is 0. The Labute approximate surface area is 121 Å². The van der Waals surface area contributed by atoms with E-state index in [1.807, 2.05) is 18.2 Å². The maximum absolute atomic E-state index is 12.4. The number of nitrogens with zero attached hydrogens (tertiary/aromatic N) is 1. The molecule has 0 aromatic heterocycles. The largest absolute Gasteiger partial charge is 0.478 e. The fourth-order valence-electron chi connectivity index (χ4n) is 2.49. The van der Waals surface area contributed by atoms with Crippen molar-refractivity contribution >= 4 is 17.6 Å². The Morgan fingerprint density at radius 3 is 2.48 bits per heavy atom. The molecule has 0 radical (unpaired) electrons. The topological polar surface area (TPSA) is 57.6 Å². The number of fused-ring (bicyclic) bond motifs is 1. The van der Waals surface area contributed by atoms with Crippen LogP contribution in [0.25, 0.3) is 5.70 Å². The molecule has 1 heterocycles. The number of hydrogen-bond donors (Lipinski definition) is 1. The molecule has 0 aliphatic carbocycles. The predicted octanol–water partition coefficient (Wildman–Crippen LogP) is 3.01. The normalized spacial score (nSPS) is 13.4. The van der Waals surface area contributed by atoms with Crippen LogP contribution >= 0.6 is 0 Å². The van der Waals surface area contributed by atoms with Crippen molar-refractivity contribution in [1.82, 2.24) is 4.90 Å². The number of rotatable bonds is 3. The van der Waals surface area contributed by atoms with Crippen LogP contribution in [0.3, 0.4) is 0 Å². The Hall–Kier alpha value is -2.88. The number of amides is 1. The van der Waals surface area contributed by atoms with Gasteiger partial charge in [-0.05, 0) is 23.8 Å². The molecule has 1 amide bonds. The van der Waals surface area contributed by atoms with Crippen LogP contribution in [0.2, 0.25) is 0 Å². The van der Waals surface area contributed by atoms with Crippen LogP contribution in [0.1, 0.15) is 31.8 Å². The molecule has 2 aromatic carbocycles. The van der Waals surface area contributed by atoms with Crippen molar-refractivity contribution in [2.45, 2.75) is 6.54 Å². The highest BCUT2D eigenvalue weighted by atomic mass is 16.4. The first kappa shape index (κ1) is 13.1. The number of carboxylic acids is 1. The summed E-state index contributed by atoms with van der Waals surface area (Å²) < 4.78 is 0. The highest BCUT2D eigenvalue weighted by Crippen LogP contribution is 2.32. The summed E-state index contributed by atoms with van der Waals surface area (Å²) >= 11 is 0. The Morgan fingerprint density at radius 1 is 1.10 bits per heavy atom. The quantitative estimate of drug-likeness (QED) is 0.939. The van der Waals surface area contributed by atoms with Gasteiger partial charge in [0.05, 0.1) is 12.1 Å². The molecule has 2 aromatic rings. The number of carbonyl (C=O) groups is 2. The van der Waals surface area contributed by atoms with Gasteiger partial charge in [-0.1, -0.05) is 36.9 Å². The van der Waals surface area contributed by atoms with Gasteiger partial charge in [0, 0.05) is 16.8 Å². The fraction of sp³-hybridized carbons (Fsp3) is 0.0588. The molecule has 0 spiro atoms. The van der Waals surface area contributed by atoms with Gasteiger partial charge in [-0.15, -0.1) is 0 Å². The summed E-state index contributed by atoms with van der Waals surface area (Å²) in [5, 5.41) is 9.02. The van der Waals surface area contributed by atoms with E-state index >= 15 is 0 Å². The van der Waals surface area contributed by atoms with Crippen molar-refractivity contribution in [3.63, 3.8) is 0 Å². The molecule has 0 unspecified atom stereocenters. The third-order valence-electron chi connectivity index (χ3n) is 3.55. The maximum Gasteiger partial charge on any atom is 0.335 e. The van der Waals surface area contributed by atoms with E-state index in [2.05, 4.69) is 6.58 Å². The second-order valence-corrected chi connectivity index (χ2v) is 4.89. The van der Waals surface area contributed by atoms with E-state index in [-0.39, 0.29) is 11.5 Å². The van der Waals surface area contributed by atoms with E-state index in [4.69, 9.17) is 5.11 Å². The van der Waals surface area contributed by atoms with Gasteiger partial charge in [0.2, 0.25) is 0 Å². The van der Waals surface area contributed by atoms with Crippen molar-refractivity contribution in [3.05, 3.63) is 77.4 Å². The van der Waals surface area contributed by atoms with E-state index in [9.17, 15) is 9.59 Å². The first-order valence-corrected chi connectivity index (χ1v) is 6.50. The standard InChI is InChI=1S/C17H13NO3/c1-11-14-7-2-3-8-15(14)16(19)18(11)10-12-5-4-6-13(9-12)17(20)21/h2-9H,1,10H2,(H,20,21). The van der Waals surface area contributed by atoms with Gasteiger partial charge in [0.25, 0.3) is 5.91 Å². The van der Waals surface area contributed by atoms with E-state index in [1.54, 1.807) is 29.2 Å². The number of carboxylic acid groups (broad SMARTS) is 1. The first-order valence-electron chi connectivity index (χ1n) is 6.50. The van der Waals surface area contributed by atoms with Crippen LogP contribution in [0.5, 0.6) is 0 Å². The van der Waals surface area contributed by atoms with E-state index in [0.29, 0.717) is 17.8 Å². The highest BCUT2D eigenvalue weighted by molar-refractivity contribution is 6.08. The SMILES string of the molecule is C=C1c2ccccc2C(=O)N1Cc1cccc(C(=O)O)c1. The molecule has 0 saturated carbocycles. The van der Waals surface area contributed by atoms with Gasteiger partial charge >= 0.3 is 5.97 Å². The summed E-state index contributed by atoms with van der Waals surface area (Å²) in [5.41, 5.74) is 3.09. The zero-order chi connectivity index (χ0) is 15.0. The van der Waals surface area contributed by atoms with Crippen LogP contribution in [0, 0.1) is 0 Å². The van der Waals surface area contributed by atoms with Gasteiger partial charge in [-0.2, -0.15) is 0 Å². The summed E-state index contributed by atoms with van der Waals surface area (Å²) in [4.78, 5) is 25.0. The second kappa shape index (κ2) is 4.90. The van der Waals surface area contributed by atoms with Gasteiger partial charge < -0.3 is 10.0 Å². The predicted molar refractivity (Wildman–Crippen MR) is 78.8 cm³/mol. The van der Waals surface area contributed by atoms with Crippen LogP contribution in [0.15, 0.2) is 55.1 Å². The average molecular weight is 279 g/mol. The maximum atomic E-state index is 12.4. The van der Waals surface area contributed by atoms with Gasteiger partial charge in [0.15, 0.2) is 0 Å². The van der Waals surface area contributed by atoms with Crippen molar-refractivity contribution in [1.29, 1.82) is 0 Å². The average Bonchev–Trinajstić information content (AvgIpc) is 2.73. The lowest BCUT2D eigenvalue weighted by Crippen LogP contribution is -2.22. The molecule has 104 valence electrons. The lowest BCUT2D eigenvalue weighted by molar-refractivity contribution is 0.0696.